The molecule has 1 aliphatic heterocycles. The Morgan fingerprint density at radius 1 is 1.15 bits per heavy atom. The maximum Gasteiger partial charge on any atom is 0.254 e. The van der Waals surface area contributed by atoms with Crippen LogP contribution in [0.1, 0.15) is 33.7 Å². The molecule has 1 aromatic carbocycles. The van der Waals surface area contributed by atoms with Crippen molar-refractivity contribution in [1.29, 1.82) is 0 Å². The molecular weight excluding hydrogens is 328 g/mol. The molecular formula is C20H20N4O2. The van der Waals surface area contributed by atoms with Crippen molar-refractivity contribution in [3.63, 3.8) is 0 Å². The highest BCUT2D eigenvalue weighted by Crippen LogP contribution is 2.22. The summed E-state index contributed by atoms with van der Waals surface area (Å²) in [4.78, 5) is 28.0. The molecule has 0 saturated carbocycles. The Morgan fingerprint density at radius 3 is 2.77 bits per heavy atom. The fraction of sp³-hybridized carbons (Fsp3) is 0.300. The Morgan fingerprint density at radius 2 is 1.96 bits per heavy atom. The number of benzene rings is 1. The van der Waals surface area contributed by atoms with Crippen molar-refractivity contribution in [2.24, 2.45) is 0 Å². The topological polar surface area (TPSA) is 68.2 Å². The van der Waals surface area contributed by atoms with Crippen LogP contribution in [0, 0.1) is 13.8 Å². The number of amides is 1. The van der Waals surface area contributed by atoms with E-state index in [1.165, 1.54) is 0 Å². The maximum atomic E-state index is 13.0. The number of hydrogen-bond acceptors (Lipinski definition) is 5. The lowest BCUT2D eigenvalue weighted by molar-refractivity contribution is -0.0269. The van der Waals surface area contributed by atoms with Crippen LogP contribution in [-0.2, 0) is 4.74 Å². The van der Waals surface area contributed by atoms with E-state index in [9.17, 15) is 4.79 Å². The fourth-order valence-electron chi connectivity index (χ4n) is 3.28. The van der Waals surface area contributed by atoms with E-state index in [4.69, 9.17) is 4.74 Å². The third kappa shape index (κ3) is 3.28. The lowest BCUT2D eigenvalue weighted by atomic mass is 10.1. The summed E-state index contributed by atoms with van der Waals surface area (Å²) in [6.45, 7) is 5.36. The highest BCUT2D eigenvalue weighted by molar-refractivity contribution is 5.98. The first-order valence-electron chi connectivity index (χ1n) is 8.68. The van der Waals surface area contributed by atoms with Crippen molar-refractivity contribution >= 4 is 16.8 Å². The lowest BCUT2D eigenvalue weighted by Gasteiger charge is -2.32. The highest BCUT2D eigenvalue weighted by Gasteiger charge is 2.28. The van der Waals surface area contributed by atoms with Gasteiger partial charge in [-0.15, -0.1) is 0 Å². The van der Waals surface area contributed by atoms with Gasteiger partial charge in [-0.3, -0.25) is 9.78 Å². The normalized spacial score (nSPS) is 17.5. The Balaban J connectivity index is 1.57. The number of pyridine rings is 1. The van der Waals surface area contributed by atoms with Crippen molar-refractivity contribution in [3.8, 4) is 0 Å². The molecule has 0 radical (unpaired) electrons. The van der Waals surface area contributed by atoms with Gasteiger partial charge < -0.3 is 9.64 Å². The van der Waals surface area contributed by atoms with Gasteiger partial charge in [-0.05, 0) is 44.2 Å². The second kappa shape index (κ2) is 6.80. The van der Waals surface area contributed by atoms with Crippen LogP contribution in [-0.4, -0.2) is 45.5 Å². The molecule has 1 amide bonds. The number of nitrogens with zero attached hydrogens (tertiary/aromatic N) is 4. The molecule has 3 heterocycles. The quantitative estimate of drug-likeness (QED) is 0.712. The van der Waals surface area contributed by atoms with E-state index >= 15 is 0 Å². The average molecular weight is 348 g/mol. The molecule has 1 saturated heterocycles. The van der Waals surface area contributed by atoms with Crippen LogP contribution in [0.3, 0.4) is 0 Å². The molecule has 3 aromatic rings. The zero-order valence-electron chi connectivity index (χ0n) is 14.8. The number of carbonyl (C=O) groups excluding carboxylic acids is 1. The molecule has 0 aliphatic carbocycles. The Kier molecular flexibility index (Phi) is 4.34. The third-order valence-corrected chi connectivity index (χ3v) is 4.49. The molecule has 1 atom stereocenters. The SMILES string of the molecule is Cc1cc(C)nc([C@@H]2CN(C(=O)c3ccc4ncccc4c3)CCO2)n1. The maximum absolute atomic E-state index is 13.0. The van der Waals surface area contributed by atoms with Crippen molar-refractivity contribution in [3.05, 3.63) is 65.4 Å². The molecule has 1 aliphatic rings. The first-order valence-corrected chi connectivity index (χ1v) is 8.68. The number of aromatic nitrogens is 3. The second-order valence-corrected chi connectivity index (χ2v) is 6.53. The van der Waals surface area contributed by atoms with E-state index in [1.807, 2.05) is 55.1 Å². The van der Waals surface area contributed by atoms with Gasteiger partial charge in [-0.25, -0.2) is 9.97 Å². The largest absolute Gasteiger partial charge is 0.367 e. The summed E-state index contributed by atoms with van der Waals surface area (Å²) in [7, 11) is 0. The van der Waals surface area contributed by atoms with Crippen LogP contribution in [0.2, 0.25) is 0 Å². The molecule has 0 spiro atoms. The minimum atomic E-state index is -0.298. The minimum Gasteiger partial charge on any atom is -0.367 e. The fourth-order valence-corrected chi connectivity index (χ4v) is 3.28. The second-order valence-electron chi connectivity index (χ2n) is 6.53. The van der Waals surface area contributed by atoms with Crippen LogP contribution >= 0.6 is 0 Å². The molecule has 4 rings (SSSR count). The van der Waals surface area contributed by atoms with Crippen molar-refractivity contribution < 1.29 is 9.53 Å². The monoisotopic (exact) mass is 348 g/mol. The number of aryl methyl sites for hydroxylation is 2. The molecule has 2 aromatic heterocycles. The summed E-state index contributed by atoms with van der Waals surface area (Å²) >= 11 is 0. The molecule has 132 valence electrons. The van der Waals surface area contributed by atoms with Crippen molar-refractivity contribution in [1.82, 2.24) is 19.9 Å². The number of morpholine rings is 1. The van der Waals surface area contributed by atoms with E-state index < -0.39 is 0 Å². The van der Waals surface area contributed by atoms with Gasteiger partial charge in [-0.2, -0.15) is 0 Å². The summed E-state index contributed by atoms with van der Waals surface area (Å²) < 4.78 is 5.83. The summed E-state index contributed by atoms with van der Waals surface area (Å²) in [5.74, 6) is 0.635. The predicted molar refractivity (Wildman–Crippen MR) is 97.8 cm³/mol. The molecule has 6 nitrogen and oxygen atoms in total. The Bertz CT molecular complexity index is 953. The van der Waals surface area contributed by atoms with Gasteiger partial charge in [-0.1, -0.05) is 6.07 Å². The van der Waals surface area contributed by atoms with Gasteiger partial charge in [0.15, 0.2) is 5.82 Å². The molecule has 1 fully saturated rings. The minimum absolute atomic E-state index is 0.00609. The summed E-state index contributed by atoms with van der Waals surface area (Å²) in [5.41, 5.74) is 3.35. The molecule has 0 bridgehead atoms. The number of ether oxygens (including phenoxy) is 1. The predicted octanol–water partition coefficient (Wildman–Crippen LogP) is 2.86. The Labute approximate surface area is 151 Å². The van der Waals surface area contributed by atoms with Gasteiger partial charge >= 0.3 is 0 Å². The van der Waals surface area contributed by atoms with E-state index in [1.54, 1.807) is 6.20 Å². The van der Waals surface area contributed by atoms with Gasteiger partial charge in [0.25, 0.3) is 5.91 Å². The molecule has 6 heteroatoms. The van der Waals surface area contributed by atoms with Crippen LogP contribution in [0.5, 0.6) is 0 Å². The zero-order valence-corrected chi connectivity index (χ0v) is 14.8. The molecule has 0 unspecified atom stereocenters. The summed E-state index contributed by atoms with van der Waals surface area (Å²) in [5, 5.41) is 0.959. The summed E-state index contributed by atoms with van der Waals surface area (Å²) in [6.07, 6.45) is 1.45. The van der Waals surface area contributed by atoms with Gasteiger partial charge in [0.05, 0.1) is 18.7 Å². The zero-order chi connectivity index (χ0) is 18.1. The van der Waals surface area contributed by atoms with Crippen LogP contribution in [0.4, 0.5) is 0 Å². The number of rotatable bonds is 2. The van der Waals surface area contributed by atoms with Crippen LogP contribution < -0.4 is 0 Å². The number of fused-ring (bicyclic) bond motifs is 1. The van der Waals surface area contributed by atoms with Crippen molar-refractivity contribution in [2.75, 3.05) is 19.7 Å². The van der Waals surface area contributed by atoms with Crippen LogP contribution in [0.25, 0.3) is 10.9 Å². The van der Waals surface area contributed by atoms with E-state index in [0.717, 1.165) is 22.3 Å². The van der Waals surface area contributed by atoms with E-state index in [-0.39, 0.29) is 12.0 Å². The van der Waals surface area contributed by atoms with Gasteiger partial charge in [0.1, 0.15) is 6.10 Å². The average Bonchev–Trinajstić information content (AvgIpc) is 2.66. The highest BCUT2D eigenvalue weighted by atomic mass is 16.5. The first kappa shape index (κ1) is 16.6. The number of carbonyl (C=O) groups is 1. The first-order chi connectivity index (χ1) is 12.6. The van der Waals surface area contributed by atoms with Gasteiger partial charge in [0.2, 0.25) is 0 Å². The van der Waals surface area contributed by atoms with E-state index in [0.29, 0.717) is 31.1 Å². The van der Waals surface area contributed by atoms with Gasteiger partial charge in [0, 0.05) is 35.1 Å². The Hall–Kier alpha value is -2.86. The molecule has 26 heavy (non-hydrogen) atoms. The third-order valence-electron chi connectivity index (χ3n) is 4.49. The number of hydrogen-bond donors (Lipinski definition) is 0. The summed E-state index contributed by atoms with van der Waals surface area (Å²) in [6, 6.07) is 11.4. The van der Waals surface area contributed by atoms with Crippen molar-refractivity contribution in [2.45, 2.75) is 20.0 Å². The van der Waals surface area contributed by atoms with Crippen LogP contribution in [0.15, 0.2) is 42.6 Å². The van der Waals surface area contributed by atoms with E-state index in [2.05, 4.69) is 15.0 Å². The standard InChI is InChI=1S/C20H20N4O2/c1-13-10-14(2)23-19(22-13)18-12-24(8-9-26-18)20(25)16-5-6-17-15(11-16)4-3-7-21-17/h3-7,10-11,18H,8-9,12H2,1-2H3/t18-/m0/s1. The molecule has 0 N–H and O–H groups in total. The lowest BCUT2D eigenvalue weighted by Crippen LogP contribution is -2.42. The smallest absolute Gasteiger partial charge is 0.254 e.